The van der Waals surface area contributed by atoms with Gasteiger partial charge in [0.2, 0.25) is 0 Å². The van der Waals surface area contributed by atoms with E-state index in [0.29, 0.717) is 16.5 Å². The van der Waals surface area contributed by atoms with Gasteiger partial charge in [-0.25, -0.2) is 5.43 Å². The second-order valence-electron chi connectivity index (χ2n) is 3.83. The van der Waals surface area contributed by atoms with Crippen LogP contribution in [0.15, 0.2) is 29.4 Å². The number of nitrogens with zero attached hydrogens (tertiary/aromatic N) is 1. The molecule has 0 aromatic heterocycles. The fourth-order valence-corrected chi connectivity index (χ4v) is 1.20. The van der Waals surface area contributed by atoms with Gasteiger partial charge in [0.1, 0.15) is 0 Å². The number of nitrogens with one attached hydrogen (secondary N) is 1. The van der Waals surface area contributed by atoms with Gasteiger partial charge in [0.15, 0.2) is 0 Å². The summed E-state index contributed by atoms with van der Waals surface area (Å²) in [6, 6.07) is 6.88. The molecule has 0 spiro atoms. The van der Waals surface area contributed by atoms with Crippen LogP contribution < -0.4 is 5.43 Å². The smallest absolute Gasteiger partial charge is 0.267 e. The first-order valence-electron chi connectivity index (χ1n) is 5.11. The van der Waals surface area contributed by atoms with Crippen molar-refractivity contribution < 1.29 is 4.79 Å². The summed E-state index contributed by atoms with van der Waals surface area (Å²) in [5, 5.41) is 4.43. The van der Waals surface area contributed by atoms with Gasteiger partial charge in [-0.05, 0) is 25.0 Å². The van der Waals surface area contributed by atoms with Gasteiger partial charge in [-0.15, -0.1) is 0 Å². The Morgan fingerprint density at radius 1 is 1.38 bits per heavy atom. The molecule has 1 N–H and O–H groups in total. The number of hydrogen-bond donors (Lipinski definition) is 1. The zero-order valence-corrected chi connectivity index (χ0v) is 10.4. The van der Waals surface area contributed by atoms with Crippen LogP contribution in [0.2, 0.25) is 5.02 Å². The third kappa shape index (κ3) is 3.35. The van der Waals surface area contributed by atoms with E-state index in [2.05, 4.69) is 10.5 Å². The highest BCUT2D eigenvalue weighted by Gasteiger charge is 2.08. The molecule has 0 aliphatic rings. The van der Waals surface area contributed by atoms with Crippen LogP contribution in [0.5, 0.6) is 0 Å². The van der Waals surface area contributed by atoms with Crippen LogP contribution in [0, 0.1) is 5.92 Å². The lowest BCUT2D eigenvalue weighted by Crippen LogP contribution is -2.20. The standard InChI is InChI=1S/C12H15ClN2O/c1-8(2)9(3)14-15-12(16)10-6-4-5-7-11(10)13/h4-8H,1-3H3,(H,15,16). The molecule has 4 heteroatoms. The fraction of sp³-hybridized carbons (Fsp3) is 0.333. The Bertz CT molecular complexity index is 413. The number of amides is 1. The third-order valence-corrected chi connectivity index (χ3v) is 2.62. The van der Waals surface area contributed by atoms with Gasteiger partial charge in [0, 0.05) is 5.71 Å². The largest absolute Gasteiger partial charge is 0.272 e. The highest BCUT2D eigenvalue weighted by atomic mass is 35.5. The normalized spacial score (nSPS) is 11.7. The minimum absolute atomic E-state index is 0.286. The Balaban J connectivity index is 2.74. The average molecular weight is 239 g/mol. The van der Waals surface area contributed by atoms with Gasteiger partial charge < -0.3 is 0 Å². The van der Waals surface area contributed by atoms with E-state index in [0.717, 1.165) is 5.71 Å². The van der Waals surface area contributed by atoms with Gasteiger partial charge >= 0.3 is 0 Å². The Morgan fingerprint density at radius 3 is 2.56 bits per heavy atom. The highest BCUT2D eigenvalue weighted by molar-refractivity contribution is 6.33. The molecule has 3 nitrogen and oxygen atoms in total. The number of carbonyl (C=O) groups excluding carboxylic acids is 1. The molecule has 0 atom stereocenters. The topological polar surface area (TPSA) is 41.5 Å². The summed E-state index contributed by atoms with van der Waals surface area (Å²) in [5.74, 6) is 0.0251. The number of carbonyl (C=O) groups is 1. The van der Waals surface area contributed by atoms with Gasteiger partial charge in [0.25, 0.3) is 5.91 Å². The van der Waals surface area contributed by atoms with Crippen molar-refractivity contribution in [1.29, 1.82) is 0 Å². The number of hydrogen-bond acceptors (Lipinski definition) is 2. The van der Waals surface area contributed by atoms with Crippen LogP contribution >= 0.6 is 11.6 Å². The molecular formula is C12H15ClN2O. The highest BCUT2D eigenvalue weighted by Crippen LogP contribution is 2.14. The number of rotatable bonds is 3. The average Bonchev–Trinajstić information content (AvgIpc) is 2.25. The van der Waals surface area contributed by atoms with E-state index < -0.39 is 0 Å². The van der Waals surface area contributed by atoms with E-state index >= 15 is 0 Å². The Hall–Kier alpha value is -1.35. The van der Waals surface area contributed by atoms with Crippen molar-refractivity contribution >= 4 is 23.2 Å². The third-order valence-electron chi connectivity index (χ3n) is 2.29. The van der Waals surface area contributed by atoms with E-state index in [4.69, 9.17) is 11.6 Å². The van der Waals surface area contributed by atoms with Crippen molar-refractivity contribution in [3.63, 3.8) is 0 Å². The Morgan fingerprint density at radius 2 is 2.00 bits per heavy atom. The van der Waals surface area contributed by atoms with E-state index in [1.807, 2.05) is 20.8 Å². The van der Waals surface area contributed by atoms with Gasteiger partial charge in [0.05, 0.1) is 10.6 Å². The SMILES string of the molecule is CC(=NNC(=O)c1ccccc1Cl)C(C)C. The molecule has 0 aliphatic carbocycles. The molecule has 0 unspecified atom stereocenters. The minimum atomic E-state index is -0.286. The van der Waals surface area contributed by atoms with Gasteiger partial charge in [-0.3, -0.25) is 4.79 Å². The molecule has 0 heterocycles. The molecule has 0 aliphatic heterocycles. The van der Waals surface area contributed by atoms with Crippen molar-refractivity contribution in [2.75, 3.05) is 0 Å². The van der Waals surface area contributed by atoms with E-state index in [9.17, 15) is 4.79 Å². The van der Waals surface area contributed by atoms with Crippen molar-refractivity contribution in [2.24, 2.45) is 11.0 Å². The van der Waals surface area contributed by atoms with Crippen LogP contribution in [0.25, 0.3) is 0 Å². The van der Waals surface area contributed by atoms with E-state index in [-0.39, 0.29) is 5.91 Å². The molecule has 0 fully saturated rings. The zero-order valence-electron chi connectivity index (χ0n) is 9.62. The predicted molar refractivity (Wildman–Crippen MR) is 66.9 cm³/mol. The lowest BCUT2D eigenvalue weighted by atomic mass is 10.1. The molecule has 86 valence electrons. The maximum atomic E-state index is 11.7. The molecule has 0 radical (unpaired) electrons. The monoisotopic (exact) mass is 238 g/mol. The van der Waals surface area contributed by atoms with Crippen LogP contribution in [0.4, 0.5) is 0 Å². The van der Waals surface area contributed by atoms with E-state index in [1.165, 1.54) is 0 Å². The predicted octanol–water partition coefficient (Wildman–Crippen LogP) is 3.10. The molecule has 0 saturated heterocycles. The van der Waals surface area contributed by atoms with Crippen LogP contribution in [0.1, 0.15) is 31.1 Å². The molecular weight excluding hydrogens is 224 g/mol. The fourth-order valence-electron chi connectivity index (χ4n) is 0.974. The lowest BCUT2D eigenvalue weighted by molar-refractivity contribution is 0.0955. The van der Waals surface area contributed by atoms with Crippen molar-refractivity contribution in [2.45, 2.75) is 20.8 Å². The molecule has 1 aromatic carbocycles. The summed E-state index contributed by atoms with van der Waals surface area (Å²) in [4.78, 5) is 11.7. The second-order valence-corrected chi connectivity index (χ2v) is 4.24. The lowest BCUT2D eigenvalue weighted by Gasteiger charge is -2.05. The summed E-state index contributed by atoms with van der Waals surface area (Å²) in [6.45, 7) is 5.90. The van der Waals surface area contributed by atoms with Crippen molar-refractivity contribution in [1.82, 2.24) is 5.43 Å². The first kappa shape index (κ1) is 12.7. The molecule has 0 bridgehead atoms. The summed E-state index contributed by atoms with van der Waals surface area (Å²) in [6.07, 6.45) is 0. The Kier molecular flexibility index (Phi) is 4.50. The second kappa shape index (κ2) is 5.66. The van der Waals surface area contributed by atoms with Crippen LogP contribution in [0.3, 0.4) is 0 Å². The minimum Gasteiger partial charge on any atom is -0.267 e. The number of benzene rings is 1. The summed E-state index contributed by atoms with van der Waals surface area (Å²) >= 11 is 5.89. The summed E-state index contributed by atoms with van der Waals surface area (Å²) in [7, 11) is 0. The summed E-state index contributed by atoms with van der Waals surface area (Å²) in [5.41, 5.74) is 3.80. The number of hydrazone groups is 1. The quantitative estimate of drug-likeness (QED) is 0.638. The molecule has 0 saturated carbocycles. The first-order valence-corrected chi connectivity index (χ1v) is 5.49. The van der Waals surface area contributed by atoms with Crippen LogP contribution in [-0.2, 0) is 0 Å². The molecule has 1 aromatic rings. The summed E-state index contributed by atoms with van der Waals surface area (Å²) < 4.78 is 0. The number of halogens is 1. The first-order chi connectivity index (χ1) is 7.52. The molecule has 1 rings (SSSR count). The Labute approximate surface area is 101 Å². The van der Waals surface area contributed by atoms with E-state index in [1.54, 1.807) is 24.3 Å². The maximum absolute atomic E-state index is 11.7. The molecule has 16 heavy (non-hydrogen) atoms. The van der Waals surface area contributed by atoms with Crippen molar-refractivity contribution in [3.8, 4) is 0 Å². The van der Waals surface area contributed by atoms with Gasteiger partial charge in [-0.2, -0.15) is 5.10 Å². The molecule has 1 amide bonds. The van der Waals surface area contributed by atoms with Crippen LogP contribution in [-0.4, -0.2) is 11.6 Å². The van der Waals surface area contributed by atoms with Gasteiger partial charge in [-0.1, -0.05) is 37.6 Å². The van der Waals surface area contributed by atoms with Crippen molar-refractivity contribution in [3.05, 3.63) is 34.9 Å². The zero-order chi connectivity index (χ0) is 12.1. The maximum Gasteiger partial charge on any atom is 0.272 e.